The van der Waals surface area contributed by atoms with Gasteiger partial charge in [-0.2, -0.15) is 13.2 Å². The number of hydrogen-bond donors (Lipinski definition) is 0. The predicted octanol–water partition coefficient (Wildman–Crippen LogP) is 3.25. The van der Waals surface area contributed by atoms with Crippen LogP contribution in [-0.4, -0.2) is 43.8 Å². The van der Waals surface area contributed by atoms with Crippen LogP contribution in [0.15, 0.2) is 28.7 Å². The van der Waals surface area contributed by atoms with Gasteiger partial charge in [0.15, 0.2) is 5.78 Å². The number of carbonyl (C=O) groups is 3. The van der Waals surface area contributed by atoms with Crippen molar-refractivity contribution >= 4 is 33.7 Å². The van der Waals surface area contributed by atoms with Crippen LogP contribution in [0.1, 0.15) is 16.8 Å². The summed E-state index contributed by atoms with van der Waals surface area (Å²) in [6, 6.07) is 5.24. The summed E-state index contributed by atoms with van der Waals surface area (Å²) in [5.74, 6) is -8.56. The van der Waals surface area contributed by atoms with Crippen LogP contribution in [0.5, 0.6) is 0 Å². The van der Waals surface area contributed by atoms with Crippen LogP contribution in [-0.2, 0) is 19.1 Å². The number of ketones is 1. The lowest BCUT2D eigenvalue weighted by atomic mass is 9.83. The first kappa shape index (κ1) is 21.1. The third-order valence-corrected chi connectivity index (χ3v) is 3.92. The van der Waals surface area contributed by atoms with Gasteiger partial charge in [-0.15, -0.1) is 0 Å². The lowest BCUT2D eigenvalue weighted by molar-refractivity contribution is -0.224. The average molecular weight is 429 g/mol. The van der Waals surface area contributed by atoms with Crippen LogP contribution < -0.4 is 0 Å². The molecule has 1 atom stereocenters. The third-order valence-electron chi connectivity index (χ3n) is 3.40. The number of rotatable bonds is 6. The SMILES string of the molecule is COC(=O)C(F)(C(=O)OC)[C@H](CC(=O)c1ccc(Br)cc1)C(F)(F)F. The molecule has 0 unspecified atom stereocenters. The van der Waals surface area contributed by atoms with E-state index in [1.54, 1.807) is 0 Å². The first-order valence-corrected chi connectivity index (χ1v) is 7.49. The Bertz CT molecular complexity index is 641. The number of Topliss-reactive ketones (excluding diaryl/α,β-unsaturated/α-hetero) is 1. The Morgan fingerprint density at radius 1 is 1.00 bits per heavy atom. The van der Waals surface area contributed by atoms with E-state index in [4.69, 9.17) is 0 Å². The number of halogens is 5. The van der Waals surface area contributed by atoms with Crippen molar-refractivity contribution in [3.63, 3.8) is 0 Å². The van der Waals surface area contributed by atoms with Crippen molar-refractivity contribution in [1.29, 1.82) is 0 Å². The smallest absolute Gasteiger partial charge is 0.396 e. The zero-order chi connectivity index (χ0) is 19.4. The normalized spacial score (nSPS) is 13.1. The molecule has 0 fully saturated rings. The minimum Gasteiger partial charge on any atom is -0.466 e. The van der Waals surface area contributed by atoms with E-state index in [0.29, 0.717) is 18.7 Å². The molecule has 0 bridgehead atoms. The number of ether oxygens (including phenoxy) is 2. The van der Waals surface area contributed by atoms with Crippen LogP contribution >= 0.6 is 15.9 Å². The van der Waals surface area contributed by atoms with Crippen LogP contribution in [0.2, 0.25) is 0 Å². The van der Waals surface area contributed by atoms with E-state index in [0.717, 1.165) is 0 Å². The van der Waals surface area contributed by atoms with Crippen LogP contribution in [0.25, 0.3) is 0 Å². The highest BCUT2D eigenvalue weighted by Crippen LogP contribution is 2.41. The van der Waals surface area contributed by atoms with Crippen molar-refractivity contribution in [3.8, 4) is 0 Å². The number of hydrogen-bond acceptors (Lipinski definition) is 5. The van der Waals surface area contributed by atoms with E-state index >= 15 is 0 Å². The summed E-state index contributed by atoms with van der Waals surface area (Å²) < 4.78 is 63.4. The quantitative estimate of drug-likeness (QED) is 0.301. The molecule has 25 heavy (non-hydrogen) atoms. The molecule has 0 heterocycles. The van der Waals surface area contributed by atoms with Gasteiger partial charge in [-0.1, -0.05) is 28.1 Å². The molecule has 0 aliphatic rings. The van der Waals surface area contributed by atoms with Crippen molar-refractivity contribution in [3.05, 3.63) is 34.3 Å². The summed E-state index contributed by atoms with van der Waals surface area (Å²) >= 11 is 3.09. The van der Waals surface area contributed by atoms with Gasteiger partial charge in [0, 0.05) is 16.5 Å². The molecule has 5 nitrogen and oxygen atoms in total. The molecule has 0 saturated carbocycles. The number of methoxy groups -OCH3 is 2. The Morgan fingerprint density at radius 2 is 1.44 bits per heavy atom. The molecular formula is C15H13BrF4O5. The Kier molecular flexibility index (Phi) is 6.69. The predicted molar refractivity (Wildman–Crippen MR) is 80.5 cm³/mol. The molecule has 0 aliphatic carbocycles. The summed E-state index contributed by atoms with van der Waals surface area (Å²) in [5, 5.41) is 0. The van der Waals surface area contributed by atoms with Gasteiger partial charge < -0.3 is 9.47 Å². The zero-order valence-electron chi connectivity index (χ0n) is 13.0. The topological polar surface area (TPSA) is 69.7 Å². The van der Waals surface area contributed by atoms with Gasteiger partial charge in [-0.3, -0.25) is 4.79 Å². The maximum atomic E-state index is 14.9. The van der Waals surface area contributed by atoms with Crippen molar-refractivity contribution in [2.24, 2.45) is 5.92 Å². The molecule has 0 N–H and O–H groups in total. The van der Waals surface area contributed by atoms with E-state index < -0.39 is 41.9 Å². The number of benzene rings is 1. The average Bonchev–Trinajstić information content (AvgIpc) is 2.56. The highest BCUT2D eigenvalue weighted by Gasteiger charge is 2.65. The summed E-state index contributed by atoms with van der Waals surface area (Å²) in [5.41, 5.74) is -4.35. The van der Waals surface area contributed by atoms with Crippen molar-refractivity contribution < 1.29 is 41.4 Å². The van der Waals surface area contributed by atoms with Gasteiger partial charge >= 0.3 is 23.8 Å². The minimum absolute atomic E-state index is 0.144. The molecule has 0 radical (unpaired) electrons. The van der Waals surface area contributed by atoms with E-state index in [1.807, 2.05) is 0 Å². The standard InChI is InChI=1S/C15H13BrF4O5/c1-24-12(22)14(17,13(23)25-2)11(15(18,19)20)7-10(21)8-3-5-9(16)6-4-8/h3-6,11H,7H2,1-2H3/t11-/m0/s1. The zero-order valence-corrected chi connectivity index (χ0v) is 14.6. The Hall–Kier alpha value is -1.97. The summed E-state index contributed by atoms with van der Waals surface area (Å²) in [6.07, 6.45) is -6.87. The molecule has 10 heteroatoms. The van der Waals surface area contributed by atoms with Crippen LogP contribution in [0, 0.1) is 5.92 Å². The maximum absolute atomic E-state index is 14.9. The van der Waals surface area contributed by atoms with E-state index in [9.17, 15) is 31.9 Å². The summed E-state index contributed by atoms with van der Waals surface area (Å²) in [6.45, 7) is 0. The van der Waals surface area contributed by atoms with E-state index in [-0.39, 0.29) is 5.56 Å². The lowest BCUT2D eigenvalue weighted by Gasteiger charge is -2.30. The second kappa shape index (κ2) is 7.94. The molecule has 0 aliphatic heterocycles. The van der Waals surface area contributed by atoms with Gasteiger partial charge in [0.2, 0.25) is 0 Å². The second-order valence-corrected chi connectivity index (χ2v) is 5.84. The largest absolute Gasteiger partial charge is 0.466 e. The molecular weight excluding hydrogens is 416 g/mol. The van der Waals surface area contributed by atoms with Gasteiger partial charge in [-0.25, -0.2) is 14.0 Å². The first-order valence-electron chi connectivity index (χ1n) is 6.69. The molecule has 0 spiro atoms. The number of carbonyl (C=O) groups excluding carboxylic acids is 3. The van der Waals surface area contributed by atoms with E-state index in [1.165, 1.54) is 24.3 Å². The molecule has 1 rings (SSSR count). The molecule has 0 saturated heterocycles. The number of esters is 2. The summed E-state index contributed by atoms with van der Waals surface area (Å²) in [4.78, 5) is 35.2. The Morgan fingerprint density at radius 3 is 1.80 bits per heavy atom. The third kappa shape index (κ3) is 4.56. The van der Waals surface area contributed by atoms with Gasteiger partial charge in [0.25, 0.3) is 0 Å². The lowest BCUT2D eigenvalue weighted by Crippen LogP contribution is -2.55. The van der Waals surface area contributed by atoms with Gasteiger partial charge in [0.1, 0.15) is 5.92 Å². The first-order chi connectivity index (χ1) is 11.5. The Labute approximate surface area is 148 Å². The molecule has 0 amide bonds. The van der Waals surface area contributed by atoms with Crippen LogP contribution in [0.4, 0.5) is 17.6 Å². The molecule has 0 aromatic heterocycles. The highest BCUT2D eigenvalue weighted by atomic mass is 79.9. The molecule has 1 aromatic carbocycles. The minimum atomic E-state index is -5.39. The highest BCUT2D eigenvalue weighted by molar-refractivity contribution is 9.10. The molecule has 1 aromatic rings. The van der Waals surface area contributed by atoms with Gasteiger partial charge in [-0.05, 0) is 12.1 Å². The monoisotopic (exact) mass is 428 g/mol. The number of alkyl halides is 4. The molecule has 138 valence electrons. The van der Waals surface area contributed by atoms with Crippen molar-refractivity contribution in [1.82, 2.24) is 0 Å². The van der Waals surface area contributed by atoms with E-state index in [2.05, 4.69) is 25.4 Å². The second-order valence-electron chi connectivity index (χ2n) is 4.92. The van der Waals surface area contributed by atoms with Crippen LogP contribution in [0.3, 0.4) is 0 Å². The fourth-order valence-corrected chi connectivity index (χ4v) is 2.35. The Balaban J connectivity index is 3.32. The van der Waals surface area contributed by atoms with Gasteiger partial charge in [0.05, 0.1) is 14.2 Å². The summed E-state index contributed by atoms with van der Waals surface area (Å²) in [7, 11) is 1.23. The fraction of sp³-hybridized carbons (Fsp3) is 0.400. The fourth-order valence-electron chi connectivity index (χ4n) is 2.09. The van der Waals surface area contributed by atoms with Crippen molar-refractivity contribution in [2.45, 2.75) is 18.3 Å². The van der Waals surface area contributed by atoms with Crippen molar-refractivity contribution in [2.75, 3.05) is 14.2 Å². The maximum Gasteiger partial charge on any atom is 0.396 e.